The van der Waals surface area contributed by atoms with Crippen molar-refractivity contribution in [2.24, 2.45) is 0 Å². The van der Waals surface area contributed by atoms with Crippen LogP contribution in [0, 0.1) is 3.57 Å². The Bertz CT molecular complexity index is 892. The lowest BCUT2D eigenvalue weighted by Crippen LogP contribution is -2.18. The minimum atomic E-state index is -0.283. The third-order valence-electron chi connectivity index (χ3n) is 3.12. The molecule has 0 unspecified atom stereocenters. The van der Waals surface area contributed by atoms with Gasteiger partial charge in [-0.25, -0.2) is 4.98 Å². The van der Waals surface area contributed by atoms with E-state index in [1.165, 1.54) is 11.1 Å². The fourth-order valence-corrected chi connectivity index (χ4v) is 2.63. The monoisotopic (exact) mass is 405 g/mol. The Morgan fingerprint density at radius 2 is 2.14 bits per heavy atom. The zero-order valence-electron chi connectivity index (χ0n) is 11.0. The van der Waals surface area contributed by atoms with E-state index < -0.39 is 0 Å². The fourth-order valence-electron chi connectivity index (χ4n) is 2.13. The maximum atomic E-state index is 12.5. The number of fused-ring (bicyclic) bond motifs is 5. The van der Waals surface area contributed by atoms with Gasteiger partial charge in [-0.1, -0.05) is 6.07 Å². The number of carbonyl (C=O) groups excluding carboxylic acids is 1. The molecule has 3 aromatic rings. The molecule has 4 rings (SSSR count). The van der Waals surface area contributed by atoms with Gasteiger partial charge in [0.15, 0.2) is 12.1 Å². The van der Waals surface area contributed by atoms with E-state index in [9.17, 15) is 4.79 Å². The van der Waals surface area contributed by atoms with E-state index in [4.69, 9.17) is 4.84 Å². The van der Waals surface area contributed by atoms with Crippen molar-refractivity contribution < 1.29 is 9.63 Å². The zero-order chi connectivity index (χ0) is 15.1. The summed E-state index contributed by atoms with van der Waals surface area (Å²) < 4.78 is 2.33. The standard InChI is InChI=1S/C14H8IN5O2/c15-8-4-5-11-9(6-8)14(21)18-12-3-1-2-10(17-12)13-19-16-7-20(13)22-11/h1-7H,(H,17,18,21). The first-order valence-corrected chi connectivity index (χ1v) is 7.45. The normalized spacial score (nSPS) is 12.7. The number of amides is 1. The van der Waals surface area contributed by atoms with Gasteiger partial charge in [0.2, 0.25) is 5.82 Å². The summed E-state index contributed by atoms with van der Waals surface area (Å²) in [5.41, 5.74) is 0.977. The van der Waals surface area contributed by atoms with Crippen LogP contribution in [0.25, 0.3) is 11.5 Å². The van der Waals surface area contributed by atoms with Crippen LogP contribution >= 0.6 is 22.6 Å². The number of hydrogen-bond acceptors (Lipinski definition) is 5. The number of nitrogens with one attached hydrogen (secondary N) is 1. The molecule has 0 saturated carbocycles. The number of carbonyl (C=O) groups is 1. The predicted octanol–water partition coefficient (Wildman–Crippen LogP) is 2.35. The molecule has 1 aromatic carbocycles. The lowest BCUT2D eigenvalue weighted by atomic mass is 10.2. The number of rotatable bonds is 0. The minimum absolute atomic E-state index is 0.283. The third-order valence-corrected chi connectivity index (χ3v) is 3.79. The quantitative estimate of drug-likeness (QED) is 0.581. The summed E-state index contributed by atoms with van der Waals surface area (Å²) in [5, 5.41) is 10.6. The highest BCUT2D eigenvalue weighted by Crippen LogP contribution is 2.26. The molecule has 2 aromatic heterocycles. The van der Waals surface area contributed by atoms with Gasteiger partial charge in [-0.3, -0.25) is 4.79 Å². The Morgan fingerprint density at radius 1 is 1.23 bits per heavy atom. The molecule has 3 heterocycles. The molecule has 0 atom stereocenters. The highest BCUT2D eigenvalue weighted by atomic mass is 127. The Labute approximate surface area is 138 Å². The van der Waals surface area contributed by atoms with Gasteiger partial charge in [-0.2, -0.15) is 0 Å². The van der Waals surface area contributed by atoms with E-state index in [0.29, 0.717) is 28.6 Å². The first-order chi connectivity index (χ1) is 10.7. The van der Waals surface area contributed by atoms with Gasteiger partial charge in [0.25, 0.3) is 5.91 Å². The first kappa shape index (κ1) is 13.2. The molecular weight excluding hydrogens is 397 g/mol. The van der Waals surface area contributed by atoms with Gasteiger partial charge >= 0.3 is 0 Å². The highest BCUT2D eigenvalue weighted by molar-refractivity contribution is 14.1. The van der Waals surface area contributed by atoms with E-state index in [1.807, 2.05) is 6.07 Å². The molecule has 1 aliphatic rings. The van der Waals surface area contributed by atoms with Crippen LogP contribution in [-0.2, 0) is 0 Å². The molecule has 0 fully saturated rings. The van der Waals surface area contributed by atoms with Crippen molar-refractivity contribution in [2.45, 2.75) is 0 Å². The lowest BCUT2D eigenvalue weighted by Gasteiger charge is -2.15. The van der Waals surface area contributed by atoms with E-state index in [0.717, 1.165) is 3.57 Å². The highest BCUT2D eigenvalue weighted by Gasteiger charge is 2.20. The fraction of sp³-hybridized carbons (Fsp3) is 0. The van der Waals surface area contributed by atoms with Crippen LogP contribution in [0.2, 0.25) is 0 Å². The van der Waals surface area contributed by atoms with Crippen LogP contribution in [0.1, 0.15) is 10.4 Å². The van der Waals surface area contributed by atoms with Crippen LogP contribution in [0.5, 0.6) is 5.75 Å². The van der Waals surface area contributed by atoms with Gasteiger partial charge in [-0.05, 0) is 52.9 Å². The summed E-state index contributed by atoms with van der Waals surface area (Å²) in [5.74, 6) is 1.05. The number of anilines is 1. The average Bonchev–Trinajstić information content (AvgIpc) is 2.97. The van der Waals surface area contributed by atoms with Gasteiger partial charge in [0.05, 0.1) is 5.56 Å². The summed E-state index contributed by atoms with van der Waals surface area (Å²) in [6, 6.07) is 10.6. The van der Waals surface area contributed by atoms with Crippen LogP contribution in [0.4, 0.5) is 5.82 Å². The number of nitrogens with zero attached hydrogens (tertiary/aromatic N) is 4. The van der Waals surface area contributed by atoms with Crippen LogP contribution < -0.4 is 10.2 Å². The Kier molecular flexibility index (Phi) is 3.03. The average molecular weight is 405 g/mol. The van der Waals surface area contributed by atoms with Crippen molar-refractivity contribution in [3.63, 3.8) is 0 Å². The van der Waals surface area contributed by atoms with Crippen LogP contribution in [-0.4, -0.2) is 25.8 Å². The molecule has 0 radical (unpaired) electrons. The molecule has 7 nitrogen and oxygen atoms in total. The lowest BCUT2D eigenvalue weighted by molar-refractivity contribution is 0.101. The number of halogens is 1. The van der Waals surface area contributed by atoms with Crippen molar-refractivity contribution in [1.29, 1.82) is 0 Å². The second-order valence-electron chi connectivity index (χ2n) is 4.57. The smallest absolute Gasteiger partial charge is 0.260 e. The molecule has 1 aliphatic heterocycles. The van der Waals surface area contributed by atoms with E-state index in [2.05, 4.69) is 43.1 Å². The zero-order valence-corrected chi connectivity index (χ0v) is 13.2. The molecule has 0 spiro atoms. The molecule has 0 aliphatic carbocycles. The largest absolute Gasteiger partial charge is 0.371 e. The Morgan fingerprint density at radius 3 is 3.05 bits per heavy atom. The van der Waals surface area contributed by atoms with Crippen LogP contribution in [0.15, 0.2) is 42.7 Å². The maximum absolute atomic E-state index is 12.5. The van der Waals surface area contributed by atoms with E-state index in [-0.39, 0.29) is 5.91 Å². The van der Waals surface area contributed by atoms with E-state index >= 15 is 0 Å². The van der Waals surface area contributed by atoms with Crippen molar-refractivity contribution in [2.75, 3.05) is 5.32 Å². The molecule has 2 bridgehead atoms. The topological polar surface area (TPSA) is 81.9 Å². The molecule has 1 amide bonds. The summed E-state index contributed by atoms with van der Waals surface area (Å²) in [6.07, 6.45) is 1.44. The summed E-state index contributed by atoms with van der Waals surface area (Å²) in [7, 11) is 0. The predicted molar refractivity (Wildman–Crippen MR) is 86.4 cm³/mol. The second kappa shape index (κ2) is 5.05. The van der Waals surface area contributed by atoms with Gasteiger partial charge in [0.1, 0.15) is 11.5 Å². The van der Waals surface area contributed by atoms with Gasteiger partial charge < -0.3 is 10.2 Å². The van der Waals surface area contributed by atoms with Crippen molar-refractivity contribution in [1.82, 2.24) is 19.9 Å². The molecular formula is C14H8IN5O2. The molecule has 108 valence electrons. The van der Waals surface area contributed by atoms with Crippen LogP contribution in [0.3, 0.4) is 0 Å². The SMILES string of the molecule is O=C1Nc2cccc(n2)-c2nncn2Oc2ccc(I)cc21. The maximum Gasteiger partial charge on any atom is 0.260 e. The minimum Gasteiger partial charge on any atom is -0.371 e. The Balaban J connectivity index is 1.95. The number of hydrogen-bond donors (Lipinski definition) is 1. The summed E-state index contributed by atoms with van der Waals surface area (Å²) >= 11 is 2.14. The molecule has 8 heteroatoms. The van der Waals surface area contributed by atoms with Crippen molar-refractivity contribution in [3.8, 4) is 17.3 Å². The van der Waals surface area contributed by atoms with Gasteiger partial charge in [0, 0.05) is 3.57 Å². The number of benzene rings is 1. The Hall–Kier alpha value is -2.49. The van der Waals surface area contributed by atoms with Crippen molar-refractivity contribution in [3.05, 3.63) is 51.9 Å². The number of aromatic nitrogens is 4. The first-order valence-electron chi connectivity index (χ1n) is 6.37. The number of pyridine rings is 1. The summed E-state index contributed by atoms with van der Waals surface area (Å²) in [4.78, 5) is 22.6. The third kappa shape index (κ3) is 2.21. The molecule has 1 N–H and O–H groups in total. The molecule has 0 saturated heterocycles. The summed E-state index contributed by atoms with van der Waals surface area (Å²) in [6.45, 7) is 0. The van der Waals surface area contributed by atoms with Gasteiger partial charge in [-0.15, -0.1) is 14.9 Å². The van der Waals surface area contributed by atoms with Crippen molar-refractivity contribution >= 4 is 34.3 Å². The molecule has 22 heavy (non-hydrogen) atoms. The van der Waals surface area contributed by atoms with E-state index in [1.54, 1.807) is 30.3 Å². The second-order valence-corrected chi connectivity index (χ2v) is 5.82.